The Morgan fingerprint density at radius 3 is 2.50 bits per heavy atom. The van der Waals surface area contributed by atoms with Gasteiger partial charge in [-0.05, 0) is 37.4 Å². The van der Waals surface area contributed by atoms with E-state index >= 15 is 0 Å². The fourth-order valence-corrected chi connectivity index (χ4v) is 1.66. The molecule has 18 heavy (non-hydrogen) atoms. The van der Waals surface area contributed by atoms with Crippen LogP contribution in [0.1, 0.15) is 11.3 Å². The summed E-state index contributed by atoms with van der Waals surface area (Å²) in [5, 5.41) is 3.09. The van der Waals surface area contributed by atoms with Gasteiger partial charge in [-0.2, -0.15) is 0 Å². The van der Waals surface area contributed by atoms with Crippen LogP contribution in [0.3, 0.4) is 0 Å². The van der Waals surface area contributed by atoms with Crippen LogP contribution in [-0.4, -0.2) is 14.2 Å². The zero-order valence-corrected chi connectivity index (χ0v) is 10.6. The molecule has 1 aromatic heterocycles. The number of hydrogen-bond donors (Lipinski definition) is 1. The Bertz CT molecular complexity index is 476. The Morgan fingerprint density at radius 1 is 1.11 bits per heavy atom. The highest BCUT2D eigenvalue weighted by Crippen LogP contribution is 2.19. The van der Waals surface area contributed by atoms with Crippen molar-refractivity contribution in [3.8, 4) is 11.5 Å². The van der Waals surface area contributed by atoms with E-state index in [0.717, 1.165) is 29.4 Å². The summed E-state index contributed by atoms with van der Waals surface area (Å²) in [6, 6.07) is 9.43. The van der Waals surface area contributed by atoms with Crippen LogP contribution in [0.15, 0.2) is 41.0 Å². The van der Waals surface area contributed by atoms with Gasteiger partial charge in [0.2, 0.25) is 0 Å². The molecule has 2 aromatic rings. The first-order chi connectivity index (χ1) is 8.83. The van der Waals surface area contributed by atoms with Gasteiger partial charge < -0.3 is 19.2 Å². The second-order valence-electron chi connectivity index (χ2n) is 3.86. The maximum absolute atomic E-state index is 5.66. The molecule has 0 unspecified atom stereocenters. The minimum absolute atomic E-state index is 0.427. The van der Waals surface area contributed by atoms with Gasteiger partial charge in [0.15, 0.2) is 0 Å². The third-order valence-corrected chi connectivity index (χ3v) is 2.63. The molecule has 0 bridgehead atoms. The number of ether oxygens (including phenoxy) is 2. The normalized spacial score (nSPS) is 10.3. The molecule has 0 saturated heterocycles. The number of benzene rings is 1. The predicted octanol–water partition coefficient (Wildman–Crippen LogP) is 2.59. The van der Waals surface area contributed by atoms with Crippen molar-refractivity contribution >= 4 is 0 Å². The fourth-order valence-electron chi connectivity index (χ4n) is 1.66. The number of furan rings is 1. The zero-order valence-electron chi connectivity index (χ0n) is 10.6. The van der Waals surface area contributed by atoms with E-state index in [1.807, 2.05) is 37.4 Å². The van der Waals surface area contributed by atoms with Crippen molar-refractivity contribution in [3.05, 3.63) is 47.9 Å². The lowest BCUT2D eigenvalue weighted by molar-refractivity contribution is 0.268. The summed E-state index contributed by atoms with van der Waals surface area (Å²) < 4.78 is 16.1. The molecule has 0 aliphatic heterocycles. The molecule has 1 heterocycles. The second kappa shape index (κ2) is 6.12. The standard InChI is InChI=1S/C14H17NO3/c1-15-9-11-7-8-17-14(11)10-18-13-5-3-12(16-2)4-6-13/h3-8,15H,9-10H2,1-2H3. The predicted molar refractivity (Wildman–Crippen MR) is 68.8 cm³/mol. The van der Waals surface area contributed by atoms with Crippen LogP contribution >= 0.6 is 0 Å². The molecule has 0 saturated carbocycles. The lowest BCUT2D eigenvalue weighted by Crippen LogP contribution is -2.07. The fraction of sp³-hybridized carbons (Fsp3) is 0.286. The van der Waals surface area contributed by atoms with Gasteiger partial charge in [0, 0.05) is 12.1 Å². The maximum atomic E-state index is 5.66. The highest BCUT2D eigenvalue weighted by Gasteiger charge is 2.06. The zero-order chi connectivity index (χ0) is 12.8. The van der Waals surface area contributed by atoms with Crippen molar-refractivity contribution in [2.45, 2.75) is 13.2 Å². The molecule has 4 heteroatoms. The van der Waals surface area contributed by atoms with Crippen molar-refractivity contribution in [1.82, 2.24) is 5.32 Å². The van der Waals surface area contributed by atoms with E-state index in [1.165, 1.54) is 0 Å². The highest BCUT2D eigenvalue weighted by atomic mass is 16.5. The second-order valence-corrected chi connectivity index (χ2v) is 3.86. The third-order valence-electron chi connectivity index (χ3n) is 2.63. The van der Waals surface area contributed by atoms with E-state index < -0.39 is 0 Å². The first-order valence-electron chi connectivity index (χ1n) is 5.80. The van der Waals surface area contributed by atoms with E-state index in [-0.39, 0.29) is 0 Å². The van der Waals surface area contributed by atoms with E-state index in [1.54, 1.807) is 13.4 Å². The lowest BCUT2D eigenvalue weighted by Gasteiger charge is -2.07. The van der Waals surface area contributed by atoms with E-state index in [9.17, 15) is 0 Å². The van der Waals surface area contributed by atoms with Gasteiger partial charge in [-0.25, -0.2) is 0 Å². The summed E-state index contributed by atoms with van der Waals surface area (Å²) in [5.74, 6) is 2.46. The summed E-state index contributed by atoms with van der Waals surface area (Å²) >= 11 is 0. The Kier molecular flexibility index (Phi) is 4.25. The summed E-state index contributed by atoms with van der Waals surface area (Å²) in [6.07, 6.45) is 1.68. The maximum Gasteiger partial charge on any atom is 0.146 e. The Hall–Kier alpha value is -1.94. The minimum Gasteiger partial charge on any atom is -0.497 e. The Balaban J connectivity index is 1.95. The van der Waals surface area contributed by atoms with Crippen molar-refractivity contribution in [2.75, 3.05) is 14.2 Å². The quantitative estimate of drug-likeness (QED) is 0.852. The molecule has 4 nitrogen and oxygen atoms in total. The van der Waals surface area contributed by atoms with Crippen molar-refractivity contribution in [3.63, 3.8) is 0 Å². The molecule has 1 N–H and O–H groups in total. The van der Waals surface area contributed by atoms with Crippen molar-refractivity contribution in [2.24, 2.45) is 0 Å². The summed E-state index contributed by atoms with van der Waals surface area (Å²) in [5.41, 5.74) is 1.12. The molecule has 0 aliphatic carbocycles. The molecule has 0 atom stereocenters. The number of methoxy groups -OCH3 is 1. The molecule has 1 aromatic carbocycles. The van der Waals surface area contributed by atoms with E-state index in [2.05, 4.69) is 5.32 Å². The van der Waals surface area contributed by atoms with Crippen LogP contribution in [0.2, 0.25) is 0 Å². The molecule has 0 radical (unpaired) electrons. The van der Waals surface area contributed by atoms with Crippen molar-refractivity contribution in [1.29, 1.82) is 0 Å². The number of hydrogen-bond acceptors (Lipinski definition) is 4. The van der Waals surface area contributed by atoms with Crippen molar-refractivity contribution < 1.29 is 13.9 Å². The summed E-state index contributed by atoms with van der Waals surface area (Å²) in [6.45, 7) is 1.20. The molecule has 0 aliphatic rings. The monoisotopic (exact) mass is 247 g/mol. The average Bonchev–Trinajstić information content (AvgIpc) is 2.85. The van der Waals surface area contributed by atoms with Crippen LogP contribution < -0.4 is 14.8 Å². The number of rotatable bonds is 6. The molecular weight excluding hydrogens is 230 g/mol. The van der Waals surface area contributed by atoms with Crippen LogP contribution in [0.4, 0.5) is 0 Å². The van der Waals surface area contributed by atoms with E-state index in [4.69, 9.17) is 13.9 Å². The van der Waals surface area contributed by atoms with Crippen LogP contribution in [0.25, 0.3) is 0 Å². The molecule has 0 fully saturated rings. The highest BCUT2D eigenvalue weighted by molar-refractivity contribution is 5.31. The first kappa shape index (κ1) is 12.5. The van der Waals surface area contributed by atoms with Gasteiger partial charge in [-0.1, -0.05) is 0 Å². The molecule has 0 spiro atoms. The minimum atomic E-state index is 0.427. The van der Waals surface area contributed by atoms with Crippen LogP contribution in [0, 0.1) is 0 Å². The van der Waals surface area contributed by atoms with Gasteiger partial charge in [-0.15, -0.1) is 0 Å². The SMILES string of the molecule is CNCc1ccoc1COc1ccc(OC)cc1. The van der Waals surface area contributed by atoms with Gasteiger partial charge in [0.05, 0.1) is 13.4 Å². The van der Waals surface area contributed by atoms with E-state index in [0.29, 0.717) is 6.61 Å². The van der Waals surface area contributed by atoms with Gasteiger partial charge in [0.25, 0.3) is 0 Å². The molecule has 0 amide bonds. The molecular formula is C14H17NO3. The number of nitrogens with one attached hydrogen (secondary N) is 1. The van der Waals surface area contributed by atoms with Gasteiger partial charge in [-0.3, -0.25) is 0 Å². The third kappa shape index (κ3) is 3.05. The first-order valence-corrected chi connectivity index (χ1v) is 5.80. The Morgan fingerprint density at radius 2 is 1.83 bits per heavy atom. The molecule has 2 rings (SSSR count). The largest absolute Gasteiger partial charge is 0.497 e. The van der Waals surface area contributed by atoms with Gasteiger partial charge in [0.1, 0.15) is 23.9 Å². The van der Waals surface area contributed by atoms with Crippen LogP contribution in [0.5, 0.6) is 11.5 Å². The summed E-state index contributed by atoms with van der Waals surface area (Å²) in [4.78, 5) is 0. The molecule has 96 valence electrons. The smallest absolute Gasteiger partial charge is 0.146 e. The summed E-state index contributed by atoms with van der Waals surface area (Å²) in [7, 11) is 3.55. The van der Waals surface area contributed by atoms with Gasteiger partial charge >= 0.3 is 0 Å². The lowest BCUT2D eigenvalue weighted by atomic mass is 10.2. The topological polar surface area (TPSA) is 43.6 Å². The Labute approximate surface area is 107 Å². The van der Waals surface area contributed by atoms with Crippen LogP contribution in [-0.2, 0) is 13.2 Å². The average molecular weight is 247 g/mol.